The van der Waals surface area contributed by atoms with E-state index in [-0.39, 0.29) is 0 Å². The quantitative estimate of drug-likeness (QED) is 0.681. The first-order valence-electron chi connectivity index (χ1n) is 4.11. The van der Waals surface area contributed by atoms with Gasteiger partial charge in [0.25, 0.3) is 0 Å². The van der Waals surface area contributed by atoms with E-state index < -0.39 is 0 Å². The molecule has 0 atom stereocenters. The number of rotatable bonds is 1. The number of fused-ring (bicyclic) bond motifs is 1. The zero-order chi connectivity index (χ0) is 9.97. The zero-order valence-electron chi connectivity index (χ0n) is 7.29. The molecule has 0 saturated carbocycles. The van der Waals surface area contributed by atoms with E-state index in [9.17, 15) is 0 Å². The summed E-state index contributed by atoms with van der Waals surface area (Å²) in [7, 11) is 0. The fourth-order valence-corrected chi connectivity index (χ4v) is 1.54. The number of H-pyrrole nitrogens is 1. The van der Waals surface area contributed by atoms with Crippen LogP contribution in [0, 0.1) is 6.57 Å². The van der Waals surface area contributed by atoms with Crippen molar-refractivity contribution >= 4 is 28.6 Å². The average molecular weight is 203 g/mol. The number of nitrogens with zero attached hydrogens (tertiary/aromatic N) is 1. The van der Waals surface area contributed by atoms with Crippen LogP contribution in [-0.2, 0) is 0 Å². The highest BCUT2D eigenvalue weighted by atomic mass is 35.5. The molecule has 0 fully saturated rings. The maximum Gasteiger partial charge on any atom is 0.154 e. The Balaban J connectivity index is 2.62. The molecular formula is C11H7ClN2. The van der Waals surface area contributed by atoms with E-state index in [1.54, 1.807) is 6.08 Å². The number of halogens is 1. The van der Waals surface area contributed by atoms with E-state index in [4.69, 9.17) is 18.2 Å². The van der Waals surface area contributed by atoms with Crippen LogP contribution in [-0.4, -0.2) is 4.98 Å². The fraction of sp³-hybridized carbons (Fsp3) is 0. The summed E-state index contributed by atoms with van der Waals surface area (Å²) in [6, 6.07) is 5.65. The summed E-state index contributed by atoms with van der Waals surface area (Å²) in [4.78, 5) is 6.27. The van der Waals surface area contributed by atoms with E-state index in [2.05, 4.69) is 9.83 Å². The van der Waals surface area contributed by atoms with Gasteiger partial charge in [-0.15, -0.1) is 0 Å². The minimum atomic E-state index is 0.703. The molecule has 14 heavy (non-hydrogen) atoms. The predicted octanol–water partition coefficient (Wildman–Crippen LogP) is 3.71. The van der Waals surface area contributed by atoms with Crippen LogP contribution >= 0.6 is 11.6 Å². The number of aromatic amines is 1. The van der Waals surface area contributed by atoms with E-state index >= 15 is 0 Å². The average Bonchev–Trinajstić information content (AvgIpc) is 2.57. The van der Waals surface area contributed by atoms with Crippen LogP contribution in [0.15, 0.2) is 30.6 Å². The highest BCUT2D eigenvalue weighted by Gasteiger charge is 2.00. The Morgan fingerprint density at radius 3 is 3.07 bits per heavy atom. The standard InChI is InChI=1S/C11H7ClN2/c1-13-5-4-8-7-14-11-3-2-9(12)6-10(8)11/h2-7,14H/b5-4-. The fourth-order valence-electron chi connectivity index (χ4n) is 1.37. The maximum atomic E-state index is 6.66. The molecule has 2 nitrogen and oxygen atoms in total. The van der Waals surface area contributed by atoms with Crippen molar-refractivity contribution in [1.29, 1.82) is 0 Å². The molecule has 1 aromatic heterocycles. The maximum absolute atomic E-state index is 6.66. The SMILES string of the molecule is [C-]#[N+]/C=C\c1c[nH]c2ccc(Cl)cc12. The van der Waals surface area contributed by atoms with Crippen molar-refractivity contribution < 1.29 is 0 Å². The second-order valence-electron chi connectivity index (χ2n) is 2.88. The third-order valence-corrected chi connectivity index (χ3v) is 2.24. The number of benzene rings is 1. The van der Waals surface area contributed by atoms with Crippen molar-refractivity contribution in [2.24, 2.45) is 0 Å². The minimum absolute atomic E-state index is 0.703. The van der Waals surface area contributed by atoms with E-state index in [1.165, 1.54) is 6.20 Å². The summed E-state index contributed by atoms with van der Waals surface area (Å²) in [6.07, 6.45) is 5.06. The molecular weight excluding hydrogens is 196 g/mol. The molecule has 0 aliphatic rings. The number of nitrogens with one attached hydrogen (secondary N) is 1. The highest BCUT2D eigenvalue weighted by molar-refractivity contribution is 6.31. The summed E-state index contributed by atoms with van der Waals surface area (Å²) in [5.41, 5.74) is 2.01. The van der Waals surface area contributed by atoms with Crippen LogP contribution in [0.4, 0.5) is 0 Å². The van der Waals surface area contributed by atoms with Gasteiger partial charge >= 0.3 is 0 Å². The summed E-state index contributed by atoms with van der Waals surface area (Å²) in [6.45, 7) is 6.66. The van der Waals surface area contributed by atoms with Gasteiger partial charge in [-0.05, 0) is 23.8 Å². The monoisotopic (exact) mass is 202 g/mol. The molecule has 0 spiro atoms. The van der Waals surface area contributed by atoms with Gasteiger partial charge in [-0.1, -0.05) is 17.7 Å². The van der Waals surface area contributed by atoms with Gasteiger partial charge in [0.05, 0.1) is 6.57 Å². The largest absolute Gasteiger partial charge is 0.361 e. The Morgan fingerprint density at radius 2 is 2.29 bits per heavy atom. The van der Waals surface area contributed by atoms with Gasteiger partial charge in [0.2, 0.25) is 0 Å². The Kier molecular flexibility index (Phi) is 2.26. The van der Waals surface area contributed by atoms with Crippen molar-refractivity contribution in [3.63, 3.8) is 0 Å². The van der Waals surface area contributed by atoms with Crippen molar-refractivity contribution in [2.45, 2.75) is 0 Å². The molecule has 0 aliphatic heterocycles. The van der Waals surface area contributed by atoms with Gasteiger partial charge in [0, 0.05) is 22.1 Å². The lowest BCUT2D eigenvalue weighted by atomic mass is 10.2. The summed E-state index contributed by atoms with van der Waals surface area (Å²) in [5, 5.41) is 1.74. The lowest BCUT2D eigenvalue weighted by Crippen LogP contribution is -1.69. The molecule has 68 valence electrons. The minimum Gasteiger partial charge on any atom is -0.361 e. The molecule has 0 unspecified atom stereocenters. The molecule has 0 aliphatic carbocycles. The van der Waals surface area contributed by atoms with Crippen molar-refractivity contribution in [2.75, 3.05) is 0 Å². The van der Waals surface area contributed by atoms with Crippen LogP contribution in [0.2, 0.25) is 5.02 Å². The lowest BCUT2D eigenvalue weighted by molar-refractivity contribution is 1.47. The molecule has 2 rings (SSSR count). The molecule has 0 bridgehead atoms. The number of aromatic nitrogens is 1. The summed E-state index contributed by atoms with van der Waals surface area (Å²) in [5.74, 6) is 0. The summed E-state index contributed by atoms with van der Waals surface area (Å²) >= 11 is 5.88. The summed E-state index contributed by atoms with van der Waals surface area (Å²) < 4.78 is 0. The molecule has 2 aromatic rings. The van der Waals surface area contributed by atoms with Crippen LogP contribution in [0.3, 0.4) is 0 Å². The number of hydrogen-bond donors (Lipinski definition) is 1. The molecule has 0 saturated heterocycles. The van der Waals surface area contributed by atoms with Gasteiger partial charge in [0.1, 0.15) is 0 Å². The highest BCUT2D eigenvalue weighted by Crippen LogP contribution is 2.23. The van der Waals surface area contributed by atoms with E-state index in [0.29, 0.717) is 5.02 Å². The zero-order valence-corrected chi connectivity index (χ0v) is 8.05. The van der Waals surface area contributed by atoms with E-state index in [0.717, 1.165) is 16.5 Å². The normalized spacial score (nSPS) is 10.9. The van der Waals surface area contributed by atoms with Gasteiger partial charge in [-0.2, -0.15) is 0 Å². The first kappa shape index (κ1) is 8.86. The van der Waals surface area contributed by atoms with Gasteiger partial charge in [0.15, 0.2) is 6.20 Å². The van der Waals surface area contributed by atoms with Crippen molar-refractivity contribution in [3.8, 4) is 0 Å². The van der Waals surface area contributed by atoms with Gasteiger partial charge < -0.3 is 4.98 Å². The first-order valence-corrected chi connectivity index (χ1v) is 4.49. The molecule has 0 amide bonds. The van der Waals surface area contributed by atoms with Crippen LogP contribution in [0.5, 0.6) is 0 Å². The third kappa shape index (κ3) is 1.50. The second kappa shape index (κ2) is 3.57. The molecule has 1 heterocycles. The Morgan fingerprint density at radius 1 is 1.43 bits per heavy atom. The van der Waals surface area contributed by atoms with Crippen molar-refractivity contribution in [1.82, 2.24) is 4.98 Å². The Labute approximate surface area is 86.6 Å². The molecule has 0 radical (unpaired) electrons. The Bertz CT molecular complexity index is 532. The molecule has 3 heteroatoms. The molecule has 1 aromatic carbocycles. The van der Waals surface area contributed by atoms with E-state index in [1.807, 2.05) is 24.4 Å². The topological polar surface area (TPSA) is 20.1 Å². The second-order valence-corrected chi connectivity index (χ2v) is 3.32. The van der Waals surface area contributed by atoms with Crippen LogP contribution in [0.25, 0.3) is 21.8 Å². The van der Waals surface area contributed by atoms with Crippen molar-refractivity contribution in [3.05, 3.63) is 52.6 Å². The number of hydrogen-bond acceptors (Lipinski definition) is 0. The van der Waals surface area contributed by atoms with Gasteiger partial charge in [-0.25, -0.2) is 4.85 Å². The predicted molar refractivity (Wildman–Crippen MR) is 58.9 cm³/mol. The Hall–Kier alpha value is -1.72. The lowest BCUT2D eigenvalue weighted by Gasteiger charge is -1.92. The van der Waals surface area contributed by atoms with Gasteiger partial charge in [-0.3, -0.25) is 0 Å². The van der Waals surface area contributed by atoms with Crippen LogP contribution in [0.1, 0.15) is 5.56 Å². The molecule has 1 N–H and O–H groups in total. The smallest absolute Gasteiger partial charge is 0.154 e. The first-order chi connectivity index (χ1) is 6.81. The third-order valence-electron chi connectivity index (χ3n) is 2.00. The van der Waals surface area contributed by atoms with Crippen LogP contribution < -0.4 is 0 Å².